The number of hydrogen-bond donors (Lipinski definition) is 1. The second-order valence-electron chi connectivity index (χ2n) is 4.06. The average Bonchev–Trinajstić information content (AvgIpc) is 2.35. The molecule has 0 aromatic heterocycles. The van der Waals surface area contributed by atoms with Crippen molar-refractivity contribution in [2.24, 2.45) is 5.92 Å². The van der Waals surface area contributed by atoms with Crippen LogP contribution in [0.5, 0.6) is 0 Å². The number of hydrogen-bond acceptors (Lipinski definition) is 3. The highest BCUT2D eigenvalue weighted by Crippen LogP contribution is 2.16. The molecule has 0 aromatic carbocycles. The molecule has 5 heteroatoms. The second kappa shape index (κ2) is 6.35. The van der Waals surface area contributed by atoms with E-state index >= 15 is 0 Å². The molecule has 0 atom stereocenters. The van der Waals surface area contributed by atoms with Gasteiger partial charge in [-0.1, -0.05) is 6.92 Å². The van der Waals surface area contributed by atoms with E-state index in [4.69, 9.17) is 0 Å². The Kier molecular flexibility index (Phi) is 5.08. The Morgan fingerprint density at radius 3 is 2.50 bits per heavy atom. The lowest BCUT2D eigenvalue weighted by Gasteiger charge is -2.30. The van der Waals surface area contributed by atoms with E-state index in [1.54, 1.807) is 4.90 Å². The topological polar surface area (TPSA) is 58.6 Å². The maximum Gasteiger partial charge on any atom is 0.409 e. The minimum atomic E-state index is -0.254. The molecule has 1 fully saturated rings. The monoisotopic (exact) mass is 228 g/mol. The fourth-order valence-electron chi connectivity index (χ4n) is 1.83. The minimum Gasteiger partial charge on any atom is -0.453 e. The summed E-state index contributed by atoms with van der Waals surface area (Å²) in [7, 11) is 1.40. The van der Waals surface area contributed by atoms with Gasteiger partial charge in [0.05, 0.1) is 7.11 Å². The van der Waals surface area contributed by atoms with Gasteiger partial charge >= 0.3 is 6.09 Å². The standard InChI is InChI=1S/C11H20N2O3/c1-3-10(14)12-8-9-4-6-13(7-5-9)11(15)16-2/h9H,3-8H2,1-2H3,(H,12,14). The highest BCUT2D eigenvalue weighted by molar-refractivity contribution is 5.75. The van der Waals surface area contributed by atoms with Crippen molar-refractivity contribution in [2.45, 2.75) is 26.2 Å². The van der Waals surface area contributed by atoms with Crippen molar-refractivity contribution in [1.82, 2.24) is 10.2 Å². The van der Waals surface area contributed by atoms with Gasteiger partial charge in [0.1, 0.15) is 0 Å². The summed E-state index contributed by atoms with van der Waals surface area (Å²) in [5.41, 5.74) is 0. The number of likely N-dealkylation sites (tertiary alicyclic amines) is 1. The summed E-state index contributed by atoms with van der Waals surface area (Å²) in [4.78, 5) is 24.0. The Labute approximate surface area is 96.1 Å². The normalized spacial score (nSPS) is 17.0. The summed E-state index contributed by atoms with van der Waals surface area (Å²) >= 11 is 0. The second-order valence-corrected chi connectivity index (χ2v) is 4.06. The van der Waals surface area contributed by atoms with Crippen molar-refractivity contribution < 1.29 is 14.3 Å². The van der Waals surface area contributed by atoms with Gasteiger partial charge in [-0.15, -0.1) is 0 Å². The fraction of sp³-hybridized carbons (Fsp3) is 0.818. The first-order chi connectivity index (χ1) is 7.67. The lowest BCUT2D eigenvalue weighted by molar-refractivity contribution is -0.121. The van der Waals surface area contributed by atoms with Gasteiger partial charge in [0.2, 0.25) is 5.91 Å². The van der Waals surface area contributed by atoms with Gasteiger partial charge in [-0.25, -0.2) is 4.79 Å². The molecule has 2 amide bonds. The van der Waals surface area contributed by atoms with Crippen LogP contribution in [0, 0.1) is 5.92 Å². The van der Waals surface area contributed by atoms with Crippen molar-refractivity contribution in [3.05, 3.63) is 0 Å². The lowest BCUT2D eigenvalue weighted by Crippen LogP contribution is -2.41. The Morgan fingerprint density at radius 2 is 2.00 bits per heavy atom. The zero-order chi connectivity index (χ0) is 12.0. The SMILES string of the molecule is CCC(=O)NCC1CCN(C(=O)OC)CC1. The molecule has 1 aliphatic rings. The van der Waals surface area contributed by atoms with Crippen LogP contribution in [0.1, 0.15) is 26.2 Å². The van der Waals surface area contributed by atoms with Crippen LogP contribution in [0.25, 0.3) is 0 Å². The van der Waals surface area contributed by atoms with E-state index in [0.29, 0.717) is 12.3 Å². The smallest absolute Gasteiger partial charge is 0.409 e. The number of amides is 2. The predicted octanol–water partition coefficient (Wildman–Crippen LogP) is 0.991. The van der Waals surface area contributed by atoms with E-state index in [9.17, 15) is 9.59 Å². The van der Waals surface area contributed by atoms with Gasteiger partial charge in [0.15, 0.2) is 0 Å². The first-order valence-corrected chi connectivity index (χ1v) is 5.77. The van der Waals surface area contributed by atoms with E-state index < -0.39 is 0 Å². The minimum absolute atomic E-state index is 0.0930. The molecule has 0 unspecified atom stereocenters. The van der Waals surface area contributed by atoms with Crippen LogP contribution in [0.15, 0.2) is 0 Å². The molecule has 0 saturated carbocycles. The molecular weight excluding hydrogens is 208 g/mol. The largest absolute Gasteiger partial charge is 0.453 e. The molecule has 0 radical (unpaired) electrons. The summed E-state index contributed by atoms with van der Waals surface area (Å²) < 4.78 is 4.66. The molecule has 0 aromatic rings. The number of methoxy groups -OCH3 is 1. The summed E-state index contributed by atoms with van der Waals surface area (Å²) in [6, 6.07) is 0. The number of nitrogens with one attached hydrogen (secondary N) is 1. The molecule has 92 valence electrons. The number of ether oxygens (including phenoxy) is 1. The third-order valence-electron chi connectivity index (χ3n) is 2.96. The van der Waals surface area contributed by atoms with Crippen LogP contribution < -0.4 is 5.32 Å². The molecule has 0 aliphatic carbocycles. The molecule has 1 heterocycles. The van der Waals surface area contributed by atoms with Crippen LogP contribution in [0.3, 0.4) is 0 Å². The predicted molar refractivity (Wildman–Crippen MR) is 60.0 cm³/mol. The Hall–Kier alpha value is -1.26. The van der Waals surface area contributed by atoms with Gasteiger partial charge in [0, 0.05) is 26.1 Å². The third-order valence-corrected chi connectivity index (χ3v) is 2.96. The van der Waals surface area contributed by atoms with Gasteiger partial charge in [-0.05, 0) is 18.8 Å². The van der Waals surface area contributed by atoms with Crippen molar-refractivity contribution in [2.75, 3.05) is 26.7 Å². The number of carbonyl (C=O) groups is 2. The van der Waals surface area contributed by atoms with Gasteiger partial charge < -0.3 is 15.0 Å². The fourth-order valence-corrected chi connectivity index (χ4v) is 1.83. The van der Waals surface area contributed by atoms with Gasteiger partial charge in [-0.3, -0.25) is 4.79 Å². The zero-order valence-corrected chi connectivity index (χ0v) is 9.99. The molecular formula is C11H20N2O3. The van der Waals surface area contributed by atoms with Crippen molar-refractivity contribution in [3.63, 3.8) is 0 Å². The van der Waals surface area contributed by atoms with E-state index in [1.807, 2.05) is 6.92 Å². The summed E-state index contributed by atoms with van der Waals surface area (Å²) in [5.74, 6) is 0.576. The Bertz CT molecular complexity index is 248. The van der Waals surface area contributed by atoms with Crippen molar-refractivity contribution in [1.29, 1.82) is 0 Å². The van der Waals surface area contributed by atoms with E-state index in [-0.39, 0.29) is 12.0 Å². The molecule has 1 rings (SSSR count). The van der Waals surface area contributed by atoms with Gasteiger partial charge in [0.25, 0.3) is 0 Å². The highest BCUT2D eigenvalue weighted by atomic mass is 16.5. The average molecular weight is 228 g/mol. The van der Waals surface area contributed by atoms with Crippen LogP contribution in [-0.4, -0.2) is 43.6 Å². The number of piperidine rings is 1. The van der Waals surface area contributed by atoms with Crippen LogP contribution in [0.4, 0.5) is 4.79 Å². The zero-order valence-electron chi connectivity index (χ0n) is 9.99. The van der Waals surface area contributed by atoms with Gasteiger partial charge in [-0.2, -0.15) is 0 Å². The first kappa shape index (κ1) is 12.8. The van der Waals surface area contributed by atoms with E-state index in [0.717, 1.165) is 32.5 Å². The van der Waals surface area contributed by atoms with E-state index in [2.05, 4.69) is 10.1 Å². The number of nitrogens with zero attached hydrogens (tertiary/aromatic N) is 1. The highest BCUT2D eigenvalue weighted by Gasteiger charge is 2.23. The Balaban J connectivity index is 2.22. The first-order valence-electron chi connectivity index (χ1n) is 5.77. The Morgan fingerprint density at radius 1 is 1.38 bits per heavy atom. The third kappa shape index (κ3) is 3.72. The molecule has 16 heavy (non-hydrogen) atoms. The summed E-state index contributed by atoms with van der Waals surface area (Å²) in [6.07, 6.45) is 2.13. The van der Waals surface area contributed by atoms with Crippen LogP contribution in [-0.2, 0) is 9.53 Å². The quantitative estimate of drug-likeness (QED) is 0.783. The van der Waals surface area contributed by atoms with E-state index in [1.165, 1.54) is 7.11 Å². The van der Waals surface area contributed by atoms with Crippen molar-refractivity contribution in [3.8, 4) is 0 Å². The summed E-state index contributed by atoms with van der Waals surface area (Å²) in [5, 5.41) is 2.89. The molecule has 1 saturated heterocycles. The lowest BCUT2D eigenvalue weighted by atomic mass is 9.97. The van der Waals surface area contributed by atoms with Crippen LogP contribution >= 0.6 is 0 Å². The molecule has 0 bridgehead atoms. The number of carbonyl (C=O) groups excluding carboxylic acids is 2. The summed E-state index contributed by atoms with van der Waals surface area (Å²) in [6.45, 7) is 4.01. The maximum atomic E-state index is 11.2. The number of rotatable bonds is 3. The maximum absolute atomic E-state index is 11.2. The molecule has 1 aliphatic heterocycles. The van der Waals surface area contributed by atoms with Crippen LogP contribution in [0.2, 0.25) is 0 Å². The van der Waals surface area contributed by atoms with Crippen molar-refractivity contribution >= 4 is 12.0 Å². The molecule has 1 N–H and O–H groups in total. The molecule has 5 nitrogen and oxygen atoms in total. The molecule has 0 spiro atoms.